The van der Waals surface area contributed by atoms with E-state index in [1.165, 1.54) is 45.5 Å². The second kappa shape index (κ2) is 9.18. The fourth-order valence-corrected chi connectivity index (χ4v) is 4.12. The SMILES string of the molecule is O=C(CCC(=O)N1CC[NH+](Cc2cccc3ccccc23)CC1)c1ccc(F)cc1. The lowest BCUT2D eigenvalue weighted by Crippen LogP contribution is -3.13. The Morgan fingerprint density at radius 2 is 1.57 bits per heavy atom. The van der Waals surface area contributed by atoms with Crippen molar-refractivity contribution in [2.24, 2.45) is 0 Å². The third kappa shape index (κ3) is 4.74. The Balaban J connectivity index is 1.27. The molecule has 3 aromatic rings. The largest absolute Gasteiger partial charge is 0.331 e. The zero-order valence-electron chi connectivity index (χ0n) is 16.9. The maximum Gasteiger partial charge on any atom is 0.223 e. The monoisotopic (exact) mass is 405 g/mol. The van der Waals surface area contributed by atoms with Crippen molar-refractivity contribution in [1.82, 2.24) is 4.90 Å². The van der Waals surface area contributed by atoms with Gasteiger partial charge in [0.25, 0.3) is 0 Å². The number of halogens is 1. The molecular weight excluding hydrogens is 379 g/mol. The van der Waals surface area contributed by atoms with E-state index in [0.717, 1.165) is 19.6 Å². The molecule has 1 aliphatic rings. The van der Waals surface area contributed by atoms with E-state index < -0.39 is 0 Å². The van der Waals surface area contributed by atoms with Gasteiger partial charge in [0.15, 0.2) is 5.78 Å². The van der Waals surface area contributed by atoms with E-state index in [-0.39, 0.29) is 30.3 Å². The highest BCUT2D eigenvalue weighted by molar-refractivity contribution is 5.97. The summed E-state index contributed by atoms with van der Waals surface area (Å²) in [5.74, 6) is -0.468. The van der Waals surface area contributed by atoms with E-state index in [9.17, 15) is 14.0 Å². The van der Waals surface area contributed by atoms with Crippen LogP contribution in [0.1, 0.15) is 28.8 Å². The molecule has 0 atom stereocenters. The van der Waals surface area contributed by atoms with E-state index in [4.69, 9.17) is 0 Å². The third-order valence-electron chi connectivity index (χ3n) is 5.88. The lowest BCUT2D eigenvalue weighted by Gasteiger charge is -2.32. The molecule has 0 unspecified atom stereocenters. The molecule has 154 valence electrons. The summed E-state index contributed by atoms with van der Waals surface area (Å²) in [6.07, 6.45) is 0.363. The molecule has 0 spiro atoms. The Bertz CT molecular complexity index is 1040. The Morgan fingerprint density at radius 1 is 0.867 bits per heavy atom. The first-order valence-corrected chi connectivity index (χ1v) is 10.5. The number of carbonyl (C=O) groups excluding carboxylic acids is 2. The van der Waals surface area contributed by atoms with Crippen molar-refractivity contribution in [1.29, 1.82) is 0 Å². The van der Waals surface area contributed by atoms with Gasteiger partial charge in [0.05, 0.1) is 26.2 Å². The molecule has 1 N–H and O–H groups in total. The van der Waals surface area contributed by atoms with E-state index in [2.05, 4.69) is 42.5 Å². The first-order chi connectivity index (χ1) is 14.6. The molecule has 5 heteroatoms. The Labute approximate surface area is 175 Å². The van der Waals surface area contributed by atoms with Crippen molar-refractivity contribution >= 4 is 22.5 Å². The number of fused-ring (bicyclic) bond motifs is 1. The number of piperazine rings is 1. The fraction of sp³-hybridized carbons (Fsp3) is 0.280. The maximum atomic E-state index is 13.0. The molecule has 0 bridgehead atoms. The molecule has 0 saturated carbocycles. The van der Waals surface area contributed by atoms with Crippen molar-refractivity contribution in [3.63, 3.8) is 0 Å². The zero-order valence-corrected chi connectivity index (χ0v) is 16.9. The number of benzene rings is 3. The number of hydrogen-bond acceptors (Lipinski definition) is 2. The van der Waals surface area contributed by atoms with Crippen LogP contribution in [0.15, 0.2) is 66.7 Å². The van der Waals surface area contributed by atoms with Crippen molar-refractivity contribution in [2.45, 2.75) is 19.4 Å². The number of amides is 1. The predicted octanol–water partition coefficient (Wildman–Crippen LogP) is 2.87. The second-order valence-corrected chi connectivity index (χ2v) is 7.88. The van der Waals surface area contributed by atoms with Crippen molar-refractivity contribution < 1.29 is 18.9 Å². The molecule has 1 fully saturated rings. The summed E-state index contributed by atoms with van der Waals surface area (Å²) in [6, 6.07) is 20.4. The minimum absolute atomic E-state index is 0.0228. The molecule has 1 aliphatic heterocycles. The number of Topliss-reactive ketones (excluding diaryl/α,β-unsaturated/α-hetero) is 1. The molecule has 4 rings (SSSR count). The van der Waals surface area contributed by atoms with Gasteiger partial charge in [-0.2, -0.15) is 0 Å². The zero-order chi connectivity index (χ0) is 20.9. The molecule has 0 radical (unpaired) electrons. The lowest BCUT2D eigenvalue weighted by molar-refractivity contribution is -0.917. The van der Waals surface area contributed by atoms with Crippen LogP contribution in [0.25, 0.3) is 10.8 Å². The van der Waals surface area contributed by atoms with Crippen LogP contribution in [0.3, 0.4) is 0 Å². The smallest absolute Gasteiger partial charge is 0.223 e. The molecule has 4 nitrogen and oxygen atoms in total. The summed E-state index contributed by atoms with van der Waals surface area (Å²) < 4.78 is 13.0. The average Bonchev–Trinajstić information content (AvgIpc) is 2.78. The van der Waals surface area contributed by atoms with Gasteiger partial charge in [0.2, 0.25) is 5.91 Å². The van der Waals surface area contributed by atoms with E-state index in [1.54, 1.807) is 0 Å². The molecule has 1 saturated heterocycles. The van der Waals surface area contributed by atoms with Crippen LogP contribution in [-0.4, -0.2) is 42.8 Å². The van der Waals surface area contributed by atoms with Gasteiger partial charge in [0, 0.05) is 24.0 Å². The average molecular weight is 405 g/mol. The molecular formula is C25H26FN2O2+. The lowest BCUT2D eigenvalue weighted by atomic mass is 10.0. The van der Waals surface area contributed by atoms with Gasteiger partial charge in [-0.3, -0.25) is 9.59 Å². The van der Waals surface area contributed by atoms with Gasteiger partial charge in [-0.05, 0) is 35.0 Å². The maximum absolute atomic E-state index is 13.0. The van der Waals surface area contributed by atoms with Crippen molar-refractivity contribution in [3.05, 3.63) is 83.7 Å². The first kappa shape index (κ1) is 20.2. The summed E-state index contributed by atoms with van der Waals surface area (Å²) in [7, 11) is 0. The third-order valence-corrected chi connectivity index (χ3v) is 5.88. The van der Waals surface area contributed by atoms with Crippen molar-refractivity contribution in [3.8, 4) is 0 Å². The fourth-order valence-electron chi connectivity index (χ4n) is 4.12. The number of carbonyl (C=O) groups is 2. The highest BCUT2D eigenvalue weighted by Crippen LogP contribution is 2.17. The normalized spacial score (nSPS) is 14.8. The number of nitrogens with one attached hydrogen (secondary N) is 1. The van der Waals surface area contributed by atoms with Crippen LogP contribution in [0.4, 0.5) is 4.39 Å². The van der Waals surface area contributed by atoms with Gasteiger partial charge < -0.3 is 9.80 Å². The molecule has 0 aromatic heterocycles. The first-order valence-electron chi connectivity index (χ1n) is 10.5. The van der Waals surface area contributed by atoms with Gasteiger partial charge in [-0.1, -0.05) is 42.5 Å². The topological polar surface area (TPSA) is 41.8 Å². The van der Waals surface area contributed by atoms with Crippen LogP contribution >= 0.6 is 0 Å². The number of quaternary nitrogens is 1. The number of rotatable bonds is 6. The minimum Gasteiger partial charge on any atom is -0.331 e. The van der Waals surface area contributed by atoms with E-state index in [0.29, 0.717) is 18.7 Å². The predicted molar refractivity (Wildman–Crippen MR) is 115 cm³/mol. The second-order valence-electron chi connectivity index (χ2n) is 7.88. The minimum atomic E-state index is -0.369. The van der Waals surface area contributed by atoms with Gasteiger partial charge in [-0.25, -0.2) is 4.39 Å². The number of nitrogens with zero attached hydrogens (tertiary/aromatic N) is 1. The van der Waals surface area contributed by atoms with Crippen LogP contribution in [0.5, 0.6) is 0 Å². The van der Waals surface area contributed by atoms with Crippen LogP contribution in [0, 0.1) is 5.82 Å². The van der Waals surface area contributed by atoms with E-state index in [1.807, 2.05) is 4.90 Å². The molecule has 1 amide bonds. The van der Waals surface area contributed by atoms with Crippen LogP contribution < -0.4 is 4.90 Å². The summed E-state index contributed by atoms with van der Waals surface area (Å²) in [4.78, 5) is 28.1. The van der Waals surface area contributed by atoms with Crippen molar-refractivity contribution in [2.75, 3.05) is 26.2 Å². The Kier molecular flexibility index (Phi) is 6.19. The molecule has 0 aliphatic carbocycles. The summed E-state index contributed by atoms with van der Waals surface area (Å²) in [5.41, 5.74) is 1.79. The standard InChI is InChI=1S/C25H25FN2O2/c26-22-10-8-20(9-11-22)24(29)12-13-25(30)28-16-14-27(15-17-28)18-21-6-3-5-19-4-1-2-7-23(19)21/h1-11H,12-18H2/p+1. The van der Waals surface area contributed by atoms with E-state index >= 15 is 0 Å². The molecule has 30 heavy (non-hydrogen) atoms. The van der Waals surface area contributed by atoms with Crippen LogP contribution in [0.2, 0.25) is 0 Å². The quantitative estimate of drug-likeness (QED) is 0.641. The molecule has 3 aromatic carbocycles. The Hall–Kier alpha value is -3.05. The van der Waals surface area contributed by atoms with Crippen LogP contribution in [-0.2, 0) is 11.3 Å². The van der Waals surface area contributed by atoms with Gasteiger partial charge >= 0.3 is 0 Å². The summed E-state index contributed by atoms with van der Waals surface area (Å²) in [5, 5.41) is 2.55. The number of ketones is 1. The summed E-state index contributed by atoms with van der Waals surface area (Å²) in [6.45, 7) is 4.18. The molecule has 1 heterocycles. The summed E-state index contributed by atoms with van der Waals surface area (Å²) >= 11 is 0. The van der Waals surface area contributed by atoms with Gasteiger partial charge in [0.1, 0.15) is 12.4 Å². The number of hydrogen-bond donors (Lipinski definition) is 1. The van der Waals surface area contributed by atoms with Gasteiger partial charge in [-0.15, -0.1) is 0 Å². The Morgan fingerprint density at radius 3 is 2.33 bits per heavy atom. The highest BCUT2D eigenvalue weighted by atomic mass is 19.1. The highest BCUT2D eigenvalue weighted by Gasteiger charge is 2.24.